The Morgan fingerprint density at radius 3 is 0.934 bits per heavy atom. The first-order valence-corrected chi connectivity index (χ1v) is 34.3. The van der Waals surface area contributed by atoms with Crippen molar-refractivity contribution in [2.45, 2.75) is 386 Å². The van der Waals surface area contributed by atoms with Crippen LogP contribution < -0.4 is 5.32 Å². The third kappa shape index (κ3) is 61.3. The Kier molecular flexibility index (Phi) is 63.9. The van der Waals surface area contributed by atoms with Crippen molar-refractivity contribution >= 4 is 11.9 Å². The Bertz CT molecular complexity index is 1230. The van der Waals surface area contributed by atoms with Gasteiger partial charge in [0.25, 0.3) is 0 Å². The van der Waals surface area contributed by atoms with Crippen LogP contribution in [0.15, 0.2) is 36.5 Å². The standard InChI is InChI=1S/C70H133NO5/c1-3-5-7-9-11-13-15-17-19-20-21-22-23-24-25-26-29-32-35-38-42-46-50-54-58-62-68(73)67(66-72)71-69(74)63-59-55-51-47-43-39-36-33-30-27-28-31-34-37-41-45-49-53-57-61-65-76-70(75)64-60-56-52-48-44-40-18-16-14-12-10-8-6-4-2/h16,18,27,30,58,62,67-68,72-73H,3-15,17,19-26,28-29,31-57,59-61,63-66H2,1-2H3,(H,71,74)/b18-16-,30-27-,62-58+. The zero-order valence-electron chi connectivity index (χ0n) is 51.3. The second kappa shape index (κ2) is 65.6. The van der Waals surface area contributed by atoms with E-state index in [0.717, 1.165) is 51.4 Å². The predicted molar refractivity (Wildman–Crippen MR) is 333 cm³/mol. The summed E-state index contributed by atoms with van der Waals surface area (Å²) in [5.74, 6) is -0.0756. The highest BCUT2D eigenvalue weighted by Gasteiger charge is 2.18. The largest absolute Gasteiger partial charge is 0.466 e. The Morgan fingerprint density at radius 1 is 0.355 bits per heavy atom. The van der Waals surface area contributed by atoms with Crippen LogP contribution in [0.5, 0.6) is 0 Å². The lowest BCUT2D eigenvalue weighted by molar-refractivity contribution is -0.143. The fraction of sp³-hybridized carbons (Fsp3) is 0.886. The van der Waals surface area contributed by atoms with E-state index in [1.54, 1.807) is 6.08 Å². The van der Waals surface area contributed by atoms with E-state index in [-0.39, 0.29) is 18.5 Å². The summed E-state index contributed by atoms with van der Waals surface area (Å²) in [5.41, 5.74) is 0. The Hall–Kier alpha value is -1.92. The monoisotopic (exact) mass is 1070 g/mol. The summed E-state index contributed by atoms with van der Waals surface area (Å²) in [6, 6.07) is -0.636. The number of ether oxygens (including phenoxy) is 1. The number of nitrogens with one attached hydrogen (secondary N) is 1. The summed E-state index contributed by atoms with van der Waals surface area (Å²) in [7, 11) is 0. The van der Waals surface area contributed by atoms with Gasteiger partial charge in [0.05, 0.1) is 25.4 Å². The van der Waals surface area contributed by atoms with Crippen molar-refractivity contribution in [1.82, 2.24) is 5.32 Å². The van der Waals surface area contributed by atoms with Crippen LogP contribution in [0.2, 0.25) is 0 Å². The predicted octanol–water partition coefficient (Wildman–Crippen LogP) is 21.9. The fourth-order valence-corrected chi connectivity index (χ4v) is 10.6. The second-order valence-electron chi connectivity index (χ2n) is 23.5. The molecule has 0 aromatic carbocycles. The van der Waals surface area contributed by atoms with Gasteiger partial charge in [-0.3, -0.25) is 9.59 Å². The van der Waals surface area contributed by atoms with Crippen LogP contribution in [0.25, 0.3) is 0 Å². The molecule has 0 bridgehead atoms. The first kappa shape index (κ1) is 74.1. The van der Waals surface area contributed by atoms with Crippen molar-refractivity contribution in [3.05, 3.63) is 36.5 Å². The van der Waals surface area contributed by atoms with Crippen molar-refractivity contribution in [1.29, 1.82) is 0 Å². The van der Waals surface area contributed by atoms with E-state index < -0.39 is 12.1 Å². The molecule has 0 fully saturated rings. The van der Waals surface area contributed by atoms with Crippen molar-refractivity contribution in [2.75, 3.05) is 13.2 Å². The molecule has 0 saturated heterocycles. The molecule has 0 rings (SSSR count). The number of hydrogen-bond donors (Lipinski definition) is 3. The molecule has 448 valence electrons. The average molecular weight is 1070 g/mol. The van der Waals surface area contributed by atoms with E-state index in [2.05, 4.69) is 43.5 Å². The second-order valence-corrected chi connectivity index (χ2v) is 23.5. The van der Waals surface area contributed by atoms with E-state index in [9.17, 15) is 19.8 Å². The molecule has 2 unspecified atom stereocenters. The lowest BCUT2D eigenvalue weighted by Gasteiger charge is -2.20. The number of carbonyl (C=O) groups is 2. The van der Waals surface area contributed by atoms with Gasteiger partial charge in [0, 0.05) is 12.8 Å². The SMILES string of the molecule is CCCCCCC/C=C\CCCCCCCC(=O)OCCCCCCCCCCC/C=C\CCCCCCCCCC(=O)NC(CO)C(O)/C=C/CCCCCCCCCCCCCCCCCCCCCCCCC. The maximum atomic E-state index is 12.5. The molecule has 1 amide bonds. The van der Waals surface area contributed by atoms with Crippen molar-refractivity contribution < 1.29 is 24.5 Å². The molecule has 2 atom stereocenters. The zero-order chi connectivity index (χ0) is 55.0. The van der Waals surface area contributed by atoms with Gasteiger partial charge in [0.2, 0.25) is 5.91 Å². The van der Waals surface area contributed by atoms with Crippen LogP contribution in [0.3, 0.4) is 0 Å². The number of rotatable bonds is 64. The molecule has 6 nitrogen and oxygen atoms in total. The number of allylic oxidation sites excluding steroid dienone is 5. The Labute approximate surface area is 474 Å². The lowest BCUT2D eigenvalue weighted by Crippen LogP contribution is -2.45. The number of amides is 1. The van der Waals surface area contributed by atoms with Crippen molar-refractivity contribution in [3.8, 4) is 0 Å². The van der Waals surface area contributed by atoms with E-state index in [1.807, 2.05) is 6.08 Å². The van der Waals surface area contributed by atoms with E-state index in [4.69, 9.17) is 4.74 Å². The topological polar surface area (TPSA) is 95.9 Å². The number of esters is 1. The van der Waals surface area contributed by atoms with Gasteiger partial charge in [0.1, 0.15) is 0 Å². The first-order valence-electron chi connectivity index (χ1n) is 34.3. The van der Waals surface area contributed by atoms with Gasteiger partial charge in [-0.2, -0.15) is 0 Å². The average Bonchev–Trinajstić information content (AvgIpc) is 3.42. The maximum Gasteiger partial charge on any atom is 0.305 e. The number of unbranched alkanes of at least 4 members (excludes halogenated alkanes) is 49. The highest BCUT2D eigenvalue weighted by molar-refractivity contribution is 5.76. The van der Waals surface area contributed by atoms with Crippen LogP contribution in [0.1, 0.15) is 373 Å². The highest BCUT2D eigenvalue weighted by Crippen LogP contribution is 2.18. The molecular formula is C70H133NO5. The van der Waals surface area contributed by atoms with Gasteiger partial charge < -0.3 is 20.3 Å². The number of hydrogen-bond acceptors (Lipinski definition) is 5. The zero-order valence-corrected chi connectivity index (χ0v) is 51.3. The smallest absolute Gasteiger partial charge is 0.305 e. The molecule has 76 heavy (non-hydrogen) atoms. The van der Waals surface area contributed by atoms with Gasteiger partial charge in [-0.05, 0) is 83.5 Å². The third-order valence-corrected chi connectivity index (χ3v) is 15.9. The minimum Gasteiger partial charge on any atom is -0.466 e. The molecule has 0 aliphatic heterocycles. The number of aliphatic hydroxyl groups is 2. The van der Waals surface area contributed by atoms with Gasteiger partial charge >= 0.3 is 5.97 Å². The van der Waals surface area contributed by atoms with E-state index in [1.165, 1.54) is 295 Å². The molecule has 0 aliphatic rings. The van der Waals surface area contributed by atoms with Crippen LogP contribution in [-0.2, 0) is 14.3 Å². The first-order chi connectivity index (χ1) is 37.5. The molecule has 0 aliphatic carbocycles. The molecule has 3 N–H and O–H groups in total. The molecule has 0 aromatic rings. The van der Waals surface area contributed by atoms with E-state index in [0.29, 0.717) is 19.4 Å². The summed E-state index contributed by atoms with van der Waals surface area (Å²) >= 11 is 0. The molecule has 0 heterocycles. The molecule has 0 spiro atoms. The minimum absolute atomic E-state index is 0.00249. The van der Waals surface area contributed by atoms with Crippen LogP contribution in [0.4, 0.5) is 0 Å². The maximum absolute atomic E-state index is 12.5. The van der Waals surface area contributed by atoms with Gasteiger partial charge in [0.15, 0.2) is 0 Å². The van der Waals surface area contributed by atoms with Crippen molar-refractivity contribution in [3.63, 3.8) is 0 Å². The third-order valence-electron chi connectivity index (χ3n) is 15.9. The lowest BCUT2D eigenvalue weighted by atomic mass is 10.0. The van der Waals surface area contributed by atoms with Gasteiger partial charge in [-0.15, -0.1) is 0 Å². The summed E-state index contributed by atoms with van der Waals surface area (Å²) in [6.07, 6.45) is 83.5. The molecule has 0 radical (unpaired) electrons. The summed E-state index contributed by atoms with van der Waals surface area (Å²) in [5, 5.41) is 23.3. The molecule has 6 heteroatoms. The van der Waals surface area contributed by atoms with Crippen molar-refractivity contribution in [2.24, 2.45) is 0 Å². The highest BCUT2D eigenvalue weighted by atomic mass is 16.5. The minimum atomic E-state index is -0.852. The van der Waals surface area contributed by atoms with Crippen LogP contribution in [0, 0.1) is 0 Å². The molecule has 0 saturated carbocycles. The fourth-order valence-electron chi connectivity index (χ4n) is 10.6. The summed E-state index contributed by atoms with van der Waals surface area (Å²) in [4.78, 5) is 24.6. The van der Waals surface area contributed by atoms with Gasteiger partial charge in [-0.25, -0.2) is 0 Å². The quantitative estimate of drug-likeness (QED) is 0.0320. The van der Waals surface area contributed by atoms with Crippen LogP contribution >= 0.6 is 0 Å². The van der Waals surface area contributed by atoms with Gasteiger partial charge in [-0.1, -0.05) is 314 Å². The molecule has 0 aromatic heterocycles. The van der Waals surface area contributed by atoms with Crippen LogP contribution in [-0.4, -0.2) is 47.4 Å². The normalized spacial score (nSPS) is 12.7. The van der Waals surface area contributed by atoms with E-state index >= 15 is 0 Å². The summed E-state index contributed by atoms with van der Waals surface area (Å²) in [6.45, 7) is 4.91. The molecular weight excluding hydrogens is 935 g/mol. The Morgan fingerprint density at radius 2 is 0.618 bits per heavy atom. The number of carbonyl (C=O) groups excluding carboxylic acids is 2. The number of aliphatic hydroxyl groups excluding tert-OH is 2. The Balaban J connectivity index is 3.46. The summed E-state index contributed by atoms with van der Waals surface area (Å²) < 4.78 is 5.48.